The molecule has 0 rings (SSSR count). The van der Waals surface area contributed by atoms with Crippen molar-refractivity contribution >= 4 is 12.0 Å². The summed E-state index contributed by atoms with van der Waals surface area (Å²) < 4.78 is 0. The van der Waals surface area contributed by atoms with Crippen LogP contribution in [-0.4, -0.2) is 39.5 Å². The van der Waals surface area contributed by atoms with Crippen molar-refractivity contribution < 1.29 is 19.8 Å². The number of nitrogens with zero attached hydrogens (tertiary/aromatic N) is 1. The van der Waals surface area contributed by atoms with E-state index < -0.39 is 24.4 Å². The maximum atomic E-state index is 11.8. The summed E-state index contributed by atoms with van der Waals surface area (Å²) in [7, 11) is 0. The van der Waals surface area contributed by atoms with Crippen LogP contribution in [-0.2, 0) is 4.79 Å². The number of carbonyl (C=O) groups is 2. The van der Waals surface area contributed by atoms with E-state index in [1.165, 1.54) is 6.08 Å². The number of rotatable bonds is 9. The largest absolute Gasteiger partial charge is 0.465 e. The molecule has 2 amide bonds. The number of hydrogen-bond acceptors (Lipinski definition) is 4. The topological polar surface area (TPSA) is 89.9 Å². The zero-order valence-electron chi connectivity index (χ0n) is 11.6. The first-order valence-electron chi connectivity index (χ1n) is 6.57. The Bertz CT molecular complexity index is 307. The molecule has 0 fully saturated rings. The molecule has 0 aromatic rings. The van der Waals surface area contributed by atoms with Crippen molar-refractivity contribution in [2.45, 2.75) is 58.3 Å². The molecular formula is C13H24N2O4. The molecule has 0 aromatic carbocycles. The van der Waals surface area contributed by atoms with Gasteiger partial charge in [-0.15, -0.1) is 6.58 Å². The van der Waals surface area contributed by atoms with E-state index in [1.54, 1.807) is 0 Å². The summed E-state index contributed by atoms with van der Waals surface area (Å²) in [5.74, 6) is -0.544. The molecular weight excluding hydrogens is 248 g/mol. The molecule has 2 unspecified atom stereocenters. The molecule has 0 heterocycles. The average Bonchev–Trinajstić information content (AvgIpc) is 2.29. The van der Waals surface area contributed by atoms with Crippen LogP contribution in [0.25, 0.3) is 0 Å². The summed E-state index contributed by atoms with van der Waals surface area (Å²) >= 11 is 0. The number of hydrogen-bond donors (Lipinski definition) is 3. The fraction of sp³-hybridized carbons (Fsp3) is 0.692. The zero-order valence-corrected chi connectivity index (χ0v) is 11.6. The van der Waals surface area contributed by atoms with E-state index in [4.69, 9.17) is 5.11 Å². The average molecular weight is 272 g/mol. The summed E-state index contributed by atoms with van der Waals surface area (Å²) in [6, 6.07) is 0. The van der Waals surface area contributed by atoms with Crippen LogP contribution in [0.3, 0.4) is 0 Å². The summed E-state index contributed by atoms with van der Waals surface area (Å²) in [5, 5.41) is 21.7. The molecule has 3 N–H and O–H groups in total. The Morgan fingerprint density at radius 1 is 1.32 bits per heavy atom. The van der Waals surface area contributed by atoms with Gasteiger partial charge in [-0.25, -0.2) is 9.69 Å². The molecule has 6 heteroatoms. The Hall–Kier alpha value is -1.40. The van der Waals surface area contributed by atoms with E-state index in [1.807, 2.05) is 13.8 Å². The Balaban J connectivity index is 4.89. The maximum absolute atomic E-state index is 11.8. The van der Waals surface area contributed by atoms with Gasteiger partial charge in [0.15, 0.2) is 0 Å². The van der Waals surface area contributed by atoms with Gasteiger partial charge in [0.2, 0.25) is 5.91 Å². The second-order valence-electron chi connectivity index (χ2n) is 4.31. The Morgan fingerprint density at radius 3 is 2.32 bits per heavy atom. The highest BCUT2D eigenvalue weighted by Gasteiger charge is 2.29. The lowest BCUT2D eigenvalue weighted by Crippen LogP contribution is -2.54. The number of carbonyl (C=O) groups excluding carboxylic acids is 1. The maximum Gasteiger partial charge on any atom is 0.415 e. The van der Waals surface area contributed by atoms with Gasteiger partial charge >= 0.3 is 6.09 Å². The lowest BCUT2D eigenvalue weighted by Gasteiger charge is -2.30. The highest BCUT2D eigenvalue weighted by atomic mass is 16.4. The standard InChI is InChI=1S/C13H24N2O4/c1-4-7-10(14-11(16)8-5-2)15(13(18)19)12(17)9-6-3/h6,10-11,14,16H,3-5,7-9H2,1-2H3,(H,18,19). The van der Waals surface area contributed by atoms with Gasteiger partial charge in [-0.3, -0.25) is 10.1 Å². The second-order valence-corrected chi connectivity index (χ2v) is 4.31. The highest BCUT2D eigenvalue weighted by Crippen LogP contribution is 2.09. The van der Waals surface area contributed by atoms with Crippen LogP contribution in [0.1, 0.15) is 46.0 Å². The van der Waals surface area contributed by atoms with E-state index in [-0.39, 0.29) is 6.42 Å². The number of nitrogens with one attached hydrogen (secondary N) is 1. The molecule has 0 radical (unpaired) electrons. The summed E-state index contributed by atoms with van der Waals surface area (Å²) in [6.07, 6.45) is 0.890. The third-order valence-corrected chi connectivity index (χ3v) is 2.61. The molecule has 0 bridgehead atoms. The predicted octanol–water partition coefficient (Wildman–Crippen LogP) is 1.90. The minimum atomic E-state index is -1.32. The van der Waals surface area contributed by atoms with Crippen LogP contribution in [0.5, 0.6) is 0 Å². The van der Waals surface area contributed by atoms with Crippen molar-refractivity contribution in [3.63, 3.8) is 0 Å². The van der Waals surface area contributed by atoms with Gasteiger partial charge in [0.25, 0.3) is 0 Å². The van der Waals surface area contributed by atoms with Gasteiger partial charge in [0.05, 0.1) is 6.17 Å². The zero-order chi connectivity index (χ0) is 14.8. The first-order chi connectivity index (χ1) is 8.97. The monoisotopic (exact) mass is 272 g/mol. The lowest BCUT2D eigenvalue weighted by atomic mass is 10.2. The van der Waals surface area contributed by atoms with Crippen molar-refractivity contribution in [2.75, 3.05) is 0 Å². The molecule has 0 spiro atoms. The van der Waals surface area contributed by atoms with E-state index in [0.717, 1.165) is 11.3 Å². The van der Waals surface area contributed by atoms with Gasteiger partial charge in [-0.2, -0.15) is 0 Å². The quantitative estimate of drug-likeness (QED) is 0.440. The van der Waals surface area contributed by atoms with E-state index >= 15 is 0 Å². The van der Waals surface area contributed by atoms with Gasteiger partial charge in [0.1, 0.15) is 6.23 Å². The Morgan fingerprint density at radius 2 is 1.89 bits per heavy atom. The van der Waals surface area contributed by atoms with Gasteiger partial charge in [0, 0.05) is 6.42 Å². The van der Waals surface area contributed by atoms with Gasteiger partial charge in [-0.05, 0) is 12.8 Å². The first-order valence-corrected chi connectivity index (χ1v) is 6.57. The van der Waals surface area contributed by atoms with Crippen molar-refractivity contribution in [1.82, 2.24) is 10.2 Å². The summed E-state index contributed by atoms with van der Waals surface area (Å²) in [4.78, 5) is 23.8. The molecule has 0 aliphatic heterocycles. The van der Waals surface area contributed by atoms with Crippen LogP contribution in [0.4, 0.5) is 4.79 Å². The van der Waals surface area contributed by atoms with Crippen molar-refractivity contribution in [2.24, 2.45) is 0 Å². The van der Waals surface area contributed by atoms with Crippen LogP contribution >= 0.6 is 0 Å². The minimum Gasteiger partial charge on any atom is -0.465 e. The fourth-order valence-corrected chi connectivity index (χ4v) is 1.77. The molecule has 0 saturated carbocycles. The van der Waals surface area contributed by atoms with E-state index in [2.05, 4.69) is 11.9 Å². The van der Waals surface area contributed by atoms with Gasteiger partial charge in [-0.1, -0.05) is 32.8 Å². The molecule has 110 valence electrons. The Labute approximate surface area is 114 Å². The van der Waals surface area contributed by atoms with Gasteiger partial charge < -0.3 is 10.2 Å². The van der Waals surface area contributed by atoms with E-state index in [9.17, 15) is 14.7 Å². The molecule has 0 aromatic heterocycles. The van der Waals surface area contributed by atoms with Crippen LogP contribution in [0.2, 0.25) is 0 Å². The fourth-order valence-electron chi connectivity index (χ4n) is 1.77. The number of carboxylic acid groups (broad SMARTS) is 1. The number of aliphatic hydroxyl groups excluding tert-OH is 1. The highest BCUT2D eigenvalue weighted by molar-refractivity contribution is 5.92. The Kier molecular flexibility index (Phi) is 8.82. The van der Waals surface area contributed by atoms with Crippen molar-refractivity contribution in [3.05, 3.63) is 12.7 Å². The van der Waals surface area contributed by atoms with Crippen molar-refractivity contribution in [1.29, 1.82) is 0 Å². The summed E-state index contributed by atoms with van der Waals surface area (Å²) in [6.45, 7) is 7.23. The molecule has 0 aliphatic carbocycles. The van der Waals surface area contributed by atoms with E-state index in [0.29, 0.717) is 19.3 Å². The summed E-state index contributed by atoms with van der Waals surface area (Å²) in [5.41, 5.74) is 0. The second kappa shape index (κ2) is 9.52. The minimum absolute atomic E-state index is 0.0436. The predicted molar refractivity (Wildman–Crippen MR) is 72.4 cm³/mol. The molecule has 0 saturated heterocycles. The number of imide groups is 1. The van der Waals surface area contributed by atoms with Crippen LogP contribution in [0.15, 0.2) is 12.7 Å². The molecule has 6 nitrogen and oxygen atoms in total. The smallest absolute Gasteiger partial charge is 0.415 e. The number of aliphatic hydroxyl groups is 1. The third-order valence-electron chi connectivity index (χ3n) is 2.61. The lowest BCUT2D eigenvalue weighted by molar-refractivity contribution is -0.131. The SMILES string of the molecule is C=CCC(=O)N(C(=O)O)C(CCC)NC(O)CCC. The number of amides is 2. The molecule has 19 heavy (non-hydrogen) atoms. The molecule has 0 aliphatic rings. The van der Waals surface area contributed by atoms with Crippen LogP contribution in [0, 0.1) is 0 Å². The van der Waals surface area contributed by atoms with Crippen molar-refractivity contribution in [3.8, 4) is 0 Å². The third kappa shape index (κ3) is 6.35. The normalized spacial score (nSPS) is 13.6. The van der Waals surface area contributed by atoms with Crippen LogP contribution < -0.4 is 5.32 Å². The molecule has 2 atom stereocenters. The first kappa shape index (κ1) is 17.6.